The molecule has 0 unspecified atom stereocenters. The second kappa shape index (κ2) is 13.1. The number of hydrogen-bond donors (Lipinski definition) is 3. The monoisotopic (exact) mass is 439 g/mol. The van der Waals surface area contributed by atoms with Crippen LogP contribution in [0.5, 0.6) is 0 Å². The number of ether oxygens (including phenoxy) is 1. The molecule has 0 radical (unpaired) electrons. The van der Waals surface area contributed by atoms with Gasteiger partial charge in [0.05, 0.1) is 0 Å². The smallest absolute Gasteiger partial charge is 0.408 e. The lowest BCUT2D eigenvalue weighted by atomic mass is 10.0. The fourth-order valence-electron chi connectivity index (χ4n) is 3.32. The number of hydrogen-bond acceptors (Lipinski definition) is 4. The molecular weight excluding hydrogens is 406 g/mol. The average molecular weight is 440 g/mol. The van der Waals surface area contributed by atoms with E-state index in [9.17, 15) is 14.4 Å². The molecule has 0 bridgehead atoms. The summed E-state index contributed by atoms with van der Waals surface area (Å²) in [5, 5.41) is 5.32. The fraction of sp³-hybridized carbons (Fsp3) is 0.400. The van der Waals surface area contributed by atoms with Gasteiger partial charge in [-0.1, -0.05) is 74.5 Å². The summed E-state index contributed by atoms with van der Waals surface area (Å²) >= 11 is 0. The standard InChI is InChI=1S/C25H33N3O4/c1-18(2)16-22(28-25(31)32-17-20-12-7-4-8-13-20)24(30)27-21(23(26)29)15-9-14-19-10-5-3-6-11-19/h3-8,10-13,18,21-22H,9,14-17H2,1-2H3,(H2,26,29)(H,27,30)(H,28,31)/t21-,22-/m0/s1. The van der Waals surface area contributed by atoms with Crippen molar-refractivity contribution in [3.63, 3.8) is 0 Å². The Labute approximate surface area is 189 Å². The lowest BCUT2D eigenvalue weighted by Gasteiger charge is -2.23. The lowest BCUT2D eigenvalue weighted by molar-refractivity contribution is -0.129. The van der Waals surface area contributed by atoms with Gasteiger partial charge in [0.1, 0.15) is 18.7 Å². The number of nitrogens with two attached hydrogens (primary N) is 1. The predicted molar refractivity (Wildman–Crippen MR) is 124 cm³/mol. The Morgan fingerprint density at radius 3 is 2.03 bits per heavy atom. The largest absolute Gasteiger partial charge is 0.445 e. The zero-order chi connectivity index (χ0) is 23.3. The molecule has 0 heterocycles. The third kappa shape index (κ3) is 9.20. The fourth-order valence-corrected chi connectivity index (χ4v) is 3.32. The van der Waals surface area contributed by atoms with Crippen molar-refractivity contribution in [2.24, 2.45) is 11.7 Å². The molecule has 3 amide bonds. The van der Waals surface area contributed by atoms with Crippen molar-refractivity contribution < 1.29 is 19.1 Å². The third-order valence-corrected chi connectivity index (χ3v) is 4.99. The van der Waals surface area contributed by atoms with Gasteiger partial charge in [-0.05, 0) is 42.7 Å². The highest BCUT2D eigenvalue weighted by Gasteiger charge is 2.26. The van der Waals surface area contributed by atoms with Crippen LogP contribution in [0.2, 0.25) is 0 Å². The van der Waals surface area contributed by atoms with Crippen LogP contribution in [0.3, 0.4) is 0 Å². The molecule has 0 aliphatic rings. The van der Waals surface area contributed by atoms with E-state index < -0.39 is 30.0 Å². The van der Waals surface area contributed by atoms with Crippen molar-refractivity contribution in [3.05, 3.63) is 71.8 Å². The third-order valence-electron chi connectivity index (χ3n) is 4.99. The van der Waals surface area contributed by atoms with Crippen LogP contribution < -0.4 is 16.4 Å². The maximum absolute atomic E-state index is 12.8. The predicted octanol–water partition coefficient (Wildman–Crippen LogP) is 3.32. The normalized spacial score (nSPS) is 12.6. The van der Waals surface area contributed by atoms with Crippen LogP contribution in [0.25, 0.3) is 0 Å². The Balaban J connectivity index is 1.90. The molecule has 2 atom stereocenters. The maximum atomic E-state index is 12.8. The van der Waals surface area contributed by atoms with Gasteiger partial charge in [0, 0.05) is 0 Å². The molecule has 0 aromatic heterocycles. The number of rotatable bonds is 12. The molecule has 0 fully saturated rings. The number of alkyl carbamates (subject to hydrolysis) is 1. The summed E-state index contributed by atoms with van der Waals surface area (Å²) in [7, 11) is 0. The zero-order valence-corrected chi connectivity index (χ0v) is 18.8. The quantitative estimate of drug-likeness (QED) is 0.471. The van der Waals surface area contributed by atoms with E-state index in [0.717, 1.165) is 17.5 Å². The van der Waals surface area contributed by atoms with E-state index in [1.807, 2.05) is 74.5 Å². The van der Waals surface area contributed by atoms with Gasteiger partial charge in [-0.3, -0.25) is 9.59 Å². The maximum Gasteiger partial charge on any atom is 0.408 e. The van der Waals surface area contributed by atoms with Gasteiger partial charge in [0.25, 0.3) is 0 Å². The van der Waals surface area contributed by atoms with Crippen molar-refractivity contribution in [2.75, 3.05) is 0 Å². The van der Waals surface area contributed by atoms with Crippen LogP contribution in [0, 0.1) is 5.92 Å². The summed E-state index contributed by atoms with van der Waals surface area (Å²) in [6.45, 7) is 4.00. The first kappa shape index (κ1) is 24.9. The molecule has 7 nitrogen and oxygen atoms in total. The van der Waals surface area contributed by atoms with E-state index in [0.29, 0.717) is 19.3 Å². The minimum absolute atomic E-state index is 0.103. The zero-order valence-electron chi connectivity index (χ0n) is 18.8. The van der Waals surface area contributed by atoms with Gasteiger partial charge in [0.15, 0.2) is 0 Å². The SMILES string of the molecule is CC(C)C[C@H](NC(=O)OCc1ccccc1)C(=O)N[C@@H](CCCc1ccccc1)C(N)=O. The van der Waals surface area contributed by atoms with Crippen molar-refractivity contribution in [3.8, 4) is 0 Å². The summed E-state index contributed by atoms with van der Waals surface area (Å²) in [5.74, 6) is -0.898. The van der Waals surface area contributed by atoms with Crippen molar-refractivity contribution in [1.29, 1.82) is 0 Å². The molecule has 0 aliphatic heterocycles. The Hall–Kier alpha value is -3.35. The van der Waals surface area contributed by atoms with Gasteiger partial charge >= 0.3 is 6.09 Å². The number of benzene rings is 2. The molecule has 0 spiro atoms. The number of primary amides is 1. The second-order valence-electron chi connectivity index (χ2n) is 8.23. The van der Waals surface area contributed by atoms with E-state index in [1.165, 1.54) is 0 Å². The number of amides is 3. The van der Waals surface area contributed by atoms with Gasteiger partial charge in [-0.25, -0.2) is 4.79 Å². The summed E-state index contributed by atoms with van der Waals surface area (Å²) < 4.78 is 5.23. The first-order valence-corrected chi connectivity index (χ1v) is 11.0. The van der Waals surface area contributed by atoms with Crippen LogP contribution in [0.4, 0.5) is 4.79 Å². The molecule has 2 aromatic carbocycles. The number of carbonyl (C=O) groups excluding carboxylic acids is 3. The Morgan fingerprint density at radius 1 is 0.875 bits per heavy atom. The molecular formula is C25H33N3O4. The van der Waals surface area contributed by atoms with Crippen LogP contribution in [-0.2, 0) is 27.4 Å². The highest BCUT2D eigenvalue weighted by molar-refractivity contribution is 5.90. The molecule has 0 saturated heterocycles. The molecule has 7 heteroatoms. The Kier molecular flexibility index (Phi) is 10.2. The first-order valence-electron chi connectivity index (χ1n) is 11.0. The summed E-state index contributed by atoms with van der Waals surface area (Å²) in [6.07, 6.45) is 1.61. The van der Waals surface area contributed by atoms with Crippen molar-refractivity contribution >= 4 is 17.9 Å². The molecule has 32 heavy (non-hydrogen) atoms. The van der Waals surface area contributed by atoms with E-state index >= 15 is 0 Å². The lowest BCUT2D eigenvalue weighted by Crippen LogP contribution is -2.53. The number of nitrogens with one attached hydrogen (secondary N) is 2. The minimum atomic E-state index is -0.825. The second-order valence-corrected chi connectivity index (χ2v) is 8.23. The van der Waals surface area contributed by atoms with Crippen molar-refractivity contribution in [1.82, 2.24) is 10.6 Å². The molecule has 0 saturated carbocycles. The number of aryl methyl sites for hydroxylation is 1. The van der Waals surface area contributed by atoms with Crippen LogP contribution in [0.1, 0.15) is 44.2 Å². The summed E-state index contributed by atoms with van der Waals surface area (Å²) in [4.78, 5) is 37.0. The van der Waals surface area contributed by atoms with E-state index in [2.05, 4.69) is 10.6 Å². The van der Waals surface area contributed by atoms with E-state index in [4.69, 9.17) is 10.5 Å². The first-order chi connectivity index (χ1) is 15.3. The highest BCUT2D eigenvalue weighted by Crippen LogP contribution is 2.10. The Morgan fingerprint density at radius 2 is 1.47 bits per heavy atom. The van der Waals surface area contributed by atoms with Crippen LogP contribution >= 0.6 is 0 Å². The summed E-state index contributed by atoms with van der Waals surface area (Å²) in [6, 6.07) is 17.5. The average Bonchev–Trinajstić information content (AvgIpc) is 2.77. The number of carbonyl (C=O) groups is 3. The summed E-state index contributed by atoms with van der Waals surface area (Å²) in [5.41, 5.74) is 7.52. The van der Waals surface area contributed by atoms with E-state index in [1.54, 1.807) is 0 Å². The topological polar surface area (TPSA) is 111 Å². The minimum Gasteiger partial charge on any atom is -0.445 e. The Bertz CT molecular complexity index is 856. The van der Waals surface area contributed by atoms with Crippen molar-refractivity contribution in [2.45, 2.75) is 58.2 Å². The molecule has 2 rings (SSSR count). The molecule has 0 aliphatic carbocycles. The molecule has 2 aromatic rings. The molecule has 4 N–H and O–H groups in total. The van der Waals surface area contributed by atoms with Gasteiger partial charge in [-0.15, -0.1) is 0 Å². The van der Waals surface area contributed by atoms with E-state index in [-0.39, 0.29) is 12.5 Å². The molecule has 172 valence electrons. The van der Waals surface area contributed by atoms with Gasteiger partial charge in [-0.2, -0.15) is 0 Å². The van der Waals surface area contributed by atoms with Crippen LogP contribution in [0.15, 0.2) is 60.7 Å². The van der Waals surface area contributed by atoms with Gasteiger partial charge < -0.3 is 21.1 Å². The van der Waals surface area contributed by atoms with Gasteiger partial charge in [0.2, 0.25) is 11.8 Å². The highest BCUT2D eigenvalue weighted by atomic mass is 16.5. The van der Waals surface area contributed by atoms with Crippen LogP contribution in [-0.4, -0.2) is 30.0 Å².